The van der Waals surface area contributed by atoms with Crippen LogP contribution in [0.5, 0.6) is 0 Å². The van der Waals surface area contributed by atoms with E-state index >= 15 is 0 Å². The van der Waals surface area contributed by atoms with Crippen LogP contribution < -0.4 is 10.6 Å². The van der Waals surface area contributed by atoms with Crippen LogP contribution in [0.4, 0.5) is 4.39 Å². The number of sulfone groups is 1. The first-order valence-electron chi connectivity index (χ1n) is 6.97. The summed E-state index contributed by atoms with van der Waals surface area (Å²) >= 11 is 3.11. The number of halogens is 3. The molecule has 1 heterocycles. The lowest BCUT2D eigenvalue weighted by molar-refractivity contribution is 0.0947. The van der Waals surface area contributed by atoms with E-state index in [0.29, 0.717) is 16.9 Å². The van der Waals surface area contributed by atoms with Gasteiger partial charge in [0.15, 0.2) is 15.7 Å². The van der Waals surface area contributed by atoms with E-state index in [9.17, 15) is 17.6 Å². The van der Waals surface area contributed by atoms with E-state index in [-0.39, 0.29) is 18.0 Å². The minimum absolute atomic E-state index is 0. The standard InChI is InChI=1S/C14H18BrFN2O3S.ClH/c1-22(20,21)12-7-10(15)6-11(13(12)16)14(19)18-5-3-9-2-4-17-8-9;/h6-7,9,17H,2-5,8H2,1H3,(H,18,19);1H. The Labute approximate surface area is 149 Å². The molecular formula is C14H19BrClFN2O3S. The Balaban J connectivity index is 0.00000264. The van der Waals surface area contributed by atoms with Gasteiger partial charge in [-0.05, 0) is 44.0 Å². The van der Waals surface area contributed by atoms with E-state index in [0.717, 1.165) is 38.3 Å². The highest BCUT2D eigenvalue weighted by atomic mass is 79.9. The number of hydrogen-bond acceptors (Lipinski definition) is 4. The smallest absolute Gasteiger partial charge is 0.254 e. The van der Waals surface area contributed by atoms with Gasteiger partial charge in [-0.15, -0.1) is 12.4 Å². The molecule has 1 atom stereocenters. The molecular weight excluding hydrogens is 411 g/mol. The molecule has 0 bridgehead atoms. The first kappa shape index (κ1) is 20.3. The maximum absolute atomic E-state index is 14.3. The fourth-order valence-electron chi connectivity index (χ4n) is 2.45. The lowest BCUT2D eigenvalue weighted by Gasteiger charge is -2.11. The Kier molecular flexibility index (Phi) is 7.44. The van der Waals surface area contributed by atoms with Crippen LogP contribution in [0.2, 0.25) is 0 Å². The maximum Gasteiger partial charge on any atom is 0.254 e. The number of hydrogen-bond donors (Lipinski definition) is 2. The largest absolute Gasteiger partial charge is 0.352 e. The molecule has 5 nitrogen and oxygen atoms in total. The monoisotopic (exact) mass is 428 g/mol. The zero-order valence-electron chi connectivity index (χ0n) is 12.6. The van der Waals surface area contributed by atoms with Gasteiger partial charge in [0.2, 0.25) is 0 Å². The van der Waals surface area contributed by atoms with Gasteiger partial charge in [-0.25, -0.2) is 12.8 Å². The Morgan fingerprint density at radius 1 is 1.48 bits per heavy atom. The Morgan fingerprint density at radius 2 is 2.17 bits per heavy atom. The summed E-state index contributed by atoms with van der Waals surface area (Å²) in [7, 11) is -3.74. The number of benzene rings is 1. The average Bonchev–Trinajstić information content (AvgIpc) is 2.92. The molecule has 0 aromatic heterocycles. The van der Waals surface area contributed by atoms with Crippen molar-refractivity contribution in [1.82, 2.24) is 10.6 Å². The van der Waals surface area contributed by atoms with Crippen LogP contribution in [0.1, 0.15) is 23.2 Å². The third-order valence-corrected chi connectivity index (χ3v) is 5.20. The van der Waals surface area contributed by atoms with E-state index in [1.807, 2.05) is 0 Å². The number of rotatable bonds is 5. The van der Waals surface area contributed by atoms with Crippen molar-refractivity contribution in [3.8, 4) is 0 Å². The molecule has 2 N–H and O–H groups in total. The van der Waals surface area contributed by atoms with Crippen molar-refractivity contribution in [2.24, 2.45) is 5.92 Å². The number of carbonyl (C=O) groups is 1. The van der Waals surface area contributed by atoms with Crippen molar-refractivity contribution in [3.63, 3.8) is 0 Å². The first-order chi connectivity index (χ1) is 10.3. The molecule has 0 saturated carbocycles. The summed E-state index contributed by atoms with van der Waals surface area (Å²) < 4.78 is 37.7. The molecule has 1 saturated heterocycles. The molecule has 1 amide bonds. The summed E-state index contributed by atoms with van der Waals surface area (Å²) in [6.07, 6.45) is 2.79. The average molecular weight is 430 g/mol. The lowest BCUT2D eigenvalue weighted by atomic mass is 10.1. The van der Waals surface area contributed by atoms with Gasteiger partial charge >= 0.3 is 0 Å². The van der Waals surface area contributed by atoms with Gasteiger partial charge in [0.25, 0.3) is 5.91 Å². The second-order valence-corrected chi connectivity index (χ2v) is 8.34. The second kappa shape index (κ2) is 8.41. The number of carbonyl (C=O) groups excluding carboxylic acids is 1. The van der Waals surface area contributed by atoms with E-state index in [4.69, 9.17) is 0 Å². The van der Waals surface area contributed by atoms with Crippen LogP contribution in [0.15, 0.2) is 21.5 Å². The van der Waals surface area contributed by atoms with E-state index in [2.05, 4.69) is 26.6 Å². The molecule has 0 spiro atoms. The summed E-state index contributed by atoms with van der Waals surface area (Å²) in [5.41, 5.74) is -0.264. The Bertz CT molecular complexity index is 679. The van der Waals surface area contributed by atoms with Gasteiger partial charge in [-0.3, -0.25) is 4.79 Å². The molecule has 0 aliphatic carbocycles. The SMILES string of the molecule is CS(=O)(=O)c1cc(Br)cc(C(=O)NCCC2CCNC2)c1F.Cl. The molecule has 1 aromatic rings. The van der Waals surface area contributed by atoms with Crippen molar-refractivity contribution in [2.75, 3.05) is 25.9 Å². The highest BCUT2D eigenvalue weighted by Gasteiger charge is 2.22. The molecule has 9 heteroatoms. The fourth-order valence-corrected chi connectivity index (χ4v) is 3.83. The highest BCUT2D eigenvalue weighted by molar-refractivity contribution is 9.10. The maximum atomic E-state index is 14.3. The van der Waals surface area contributed by atoms with E-state index < -0.39 is 26.5 Å². The van der Waals surface area contributed by atoms with Gasteiger partial charge in [-0.1, -0.05) is 15.9 Å². The predicted octanol–water partition coefficient (Wildman–Crippen LogP) is 2.14. The summed E-state index contributed by atoms with van der Waals surface area (Å²) in [6.45, 7) is 2.35. The molecule has 130 valence electrons. The van der Waals surface area contributed by atoms with E-state index in [1.54, 1.807) is 0 Å². The van der Waals surface area contributed by atoms with E-state index in [1.165, 1.54) is 6.07 Å². The molecule has 0 radical (unpaired) electrons. The van der Waals surface area contributed by atoms with Crippen LogP contribution in [0, 0.1) is 11.7 Å². The molecule has 1 unspecified atom stereocenters. The lowest BCUT2D eigenvalue weighted by Crippen LogP contribution is -2.27. The number of amides is 1. The van der Waals surface area contributed by atoms with Crippen molar-refractivity contribution >= 4 is 44.1 Å². The van der Waals surface area contributed by atoms with Gasteiger partial charge in [0, 0.05) is 17.3 Å². The molecule has 1 aliphatic heterocycles. The van der Waals surface area contributed by atoms with Crippen LogP contribution in [0.3, 0.4) is 0 Å². The van der Waals surface area contributed by atoms with Gasteiger partial charge in [0.05, 0.1) is 5.56 Å². The summed E-state index contributed by atoms with van der Waals surface area (Å²) in [4.78, 5) is 11.6. The quantitative estimate of drug-likeness (QED) is 0.752. The van der Waals surface area contributed by atoms with Crippen molar-refractivity contribution in [2.45, 2.75) is 17.7 Å². The van der Waals surface area contributed by atoms with Crippen molar-refractivity contribution in [3.05, 3.63) is 28.0 Å². The third-order valence-electron chi connectivity index (χ3n) is 3.65. The molecule has 1 aliphatic rings. The highest BCUT2D eigenvalue weighted by Crippen LogP contribution is 2.24. The normalized spacial score (nSPS) is 17.6. The summed E-state index contributed by atoms with van der Waals surface area (Å²) in [5, 5.41) is 5.89. The molecule has 1 fully saturated rings. The van der Waals surface area contributed by atoms with Crippen LogP contribution in [-0.4, -0.2) is 40.2 Å². The summed E-state index contributed by atoms with van der Waals surface area (Å²) in [5.74, 6) is -1.10. The van der Waals surface area contributed by atoms with Gasteiger partial charge < -0.3 is 10.6 Å². The first-order valence-corrected chi connectivity index (χ1v) is 9.65. The molecule has 2 rings (SSSR count). The Morgan fingerprint density at radius 3 is 2.74 bits per heavy atom. The van der Waals surface area contributed by atoms with Crippen LogP contribution in [-0.2, 0) is 9.84 Å². The Hall–Kier alpha value is -0.700. The topological polar surface area (TPSA) is 75.3 Å². The third kappa shape index (κ3) is 5.41. The molecule has 23 heavy (non-hydrogen) atoms. The van der Waals surface area contributed by atoms with Gasteiger partial charge in [-0.2, -0.15) is 0 Å². The second-order valence-electron chi connectivity index (χ2n) is 5.44. The summed E-state index contributed by atoms with van der Waals surface area (Å²) in [6, 6.07) is 2.45. The zero-order chi connectivity index (χ0) is 16.3. The van der Waals surface area contributed by atoms with Crippen molar-refractivity contribution < 1.29 is 17.6 Å². The minimum atomic E-state index is -3.74. The zero-order valence-corrected chi connectivity index (χ0v) is 15.8. The van der Waals surface area contributed by atoms with Crippen LogP contribution in [0.25, 0.3) is 0 Å². The van der Waals surface area contributed by atoms with Crippen LogP contribution >= 0.6 is 28.3 Å². The van der Waals surface area contributed by atoms with Crippen molar-refractivity contribution in [1.29, 1.82) is 0 Å². The minimum Gasteiger partial charge on any atom is -0.352 e. The van der Waals surface area contributed by atoms with Gasteiger partial charge in [0.1, 0.15) is 4.90 Å². The predicted molar refractivity (Wildman–Crippen MR) is 92.4 cm³/mol. The molecule has 1 aromatic carbocycles. The number of nitrogens with one attached hydrogen (secondary N) is 2. The fraction of sp³-hybridized carbons (Fsp3) is 0.500.